The average Bonchev–Trinajstić information content (AvgIpc) is 2.97. The molecule has 0 aliphatic rings. The predicted molar refractivity (Wildman–Crippen MR) is 99.8 cm³/mol. The van der Waals surface area contributed by atoms with Gasteiger partial charge < -0.3 is 5.32 Å². The molecule has 0 bridgehead atoms. The summed E-state index contributed by atoms with van der Waals surface area (Å²) in [5, 5.41) is 3.30. The number of hydrogen-bond donors (Lipinski definition) is 1. The van der Waals surface area contributed by atoms with Crippen LogP contribution in [-0.4, -0.2) is 25.6 Å². The van der Waals surface area contributed by atoms with Crippen LogP contribution in [0, 0.1) is 12.7 Å². The highest BCUT2D eigenvalue weighted by molar-refractivity contribution is 7.90. The average molecular weight is 390 g/mol. The monoisotopic (exact) mass is 390 g/mol. The highest BCUT2D eigenvalue weighted by Gasteiger charge is 2.17. The fraction of sp³-hybridized carbons (Fsp3) is 0.111. The molecule has 0 saturated heterocycles. The lowest BCUT2D eigenvalue weighted by Gasteiger charge is -2.06. The summed E-state index contributed by atoms with van der Waals surface area (Å²) in [6.45, 7) is 1.71. The Morgan fingerprint density at radius 3 is 2.50 bits per heavy atom. The summed E-state index contributed by atoms with van der Waals surface area (Å²) >= 11 is 1.19. The summed E-state index contributed by atoms with van der Waals surface area (Å²) in [5.41, 5.74) is 1.65. The first kappa shape index (κ1) is 18.2. The lowest BCUT2D eigenvalue weighted by molar-refractivity contribution is 0.102. The Balaban J connectivity index is 1.86. The SMILES string of the molecule is Cc1nc(-c2ccc(F)cc2)sc1C(=O)Nc1cccc(S(C)(=O)=O)c1. The zero-order valence-corrected chi connectivity index (χ0v) is 15.6. The molecule has 2 aromatic carbocycles. The molecule has 3 aromatic rings. The molecule has 1 amide bonds. The first-order valence-corrected chi connectivity index (χ1v) is 10.3. The van der Waals surface area contributed by atoms with E-state index in [9.17, 15) is 17.6 Å². The van der Waals surface area contributed by atoms with E-state index in [2.05, 4.69) is 10.3 Å². The predicted octanol–water partition coefficient (Wildman–Crippen LogP) is 3.91. The lowest BCUT2D eigenvalue weighted by Crippen LogP contribution is -2.12. The maximum atomic E-state index is 13.0. The molecule has 5 nitrogen and oxygen atoms in total. The summed E-state index contributed by atoms with van der Waals surface area (Å²) in [6, 6.07) is 11.9. The highest BCUT2D eigenvalue weighted by Crippen LogP contribution is 2.29. The number of carbonyl (C=O) groups is 1. The van der Waals surface area contributed by atoms with Crippen molar-refractivity contribution in [1.29, 1.82) is 0 Å². The number of carbonyl (C=O) groups excluding carboxylic acids is 1. The van der Waals surface area contributed by atoms with Crippen LogP contribution in [0.5, 0.6) is 0 Å². The second kappa shape index (κ2) is 6.97. The standard InChI is InChI=1S/C18H15FN2O3S2/c1-11-16(25-18(20-11)12-6-8-13(19)9-7-12)17(22)21-14-4-3-5-15(10-14)26(2,23)24/h3-10H,1-2H3,(H,21,22). The fourth-order valence-corrected chi connectivity index (χ4v) is 3.95. The van der Waals surface area contributed by atoms with Gasteiger partial charge in [0.25, 0.3) is 5.91 Å². The molecule has 8 heteroatoms. The minimum Gasteiger partial charge on any atom is -0.321 e. The zero-order chi connectivity index (χ0) is 18.9. The van der Waals surface area contributed by atoms with Crippen LogP contribution < -0.4 is 5.32 Å². The van der Waals surface area contributed by atoms with Crippen molar-refractivity contribution in [3.63, 3.8) is 0 Å². The number of halogens is 1. The van der Waals surface area contributed by atoms with Gasteiger partial charge in [-0.1, -0.05) is 6.07 Å². The molecular weight excluding hydrogens is 375 g/mol. The third-order valence-electron chi connectivity index (χ3n) is 3.61. The third-order valence-corrected chi connectivity index (χ3v) is 5.93. The molecule has 0 fully saturated rings. The van der Waals surface area contributed by atoms with E-state index in [1.165, 1.54) is 35.6 Å². The normalized spacial score (nSPS) is 11.3. The van der Waals surface area contributed by atoms with Crippen LogP contribution >= 0.6 is 11.3 Å². The number of amides is 1. The Morgan fingerprint density at radius 2 is 1.85 bits per heavy atom. The molecule has 1 aromatic heterocycles. The summed E-state index contributed by atoms with van der Waals surface area (Å²) < 4.78 is 36.3. The van der Waals surface area contributed by atoms with Crippen LogP contribution in [0.2, 0.25) is 0 Å². The fourth-order valence-electron chi connectivity index (χ4n) is 2.32. The molecule has 0 spiro atoms. The van der Waals surface area contributed by atoms with Crippen molar-refractivity contribution in [2.75, 3.05) is 11.6 Å². The van der Waals surface area contributed by atoms with Crippen LogP contribution in [0.15, 0.2) is 53.4 Å². The summed E-state index contributed by atoms with van der Waals surface area (Å²) in [4.78, 5) is 17.5. The second-order valence-electron chi connectivity index (χ2n) is 5.69. The van der Waals surface area contributed by atoms with Crippen molar-refractivity contribution in [2.24, 2.45) is 0 Å². The number of aryl methyl sites for hydroxylation is 1. The van der Waals surface area contributed by atoms with E-state index in [1.54, 1.807) is 31.2 Å². The Hall–Kier alpha value is -2.58. The zero-order valence-electron chi connectivity index (χ0n) is 14.0. The molecule has 3 rings (SSSR count). The van der Waals surface area contributed by atoms with Gasteiger partial charge in [0.2, 0.25) is 0 Å². The Kier molecular flexibility index (Phi) is 4.88. The van der Waals surface area contributed by atoms with Crippen molar-refractivity contribution in [2.45, 2.75) is 11.8 Å². The quantitative estimate of drug-likeness (QED) is 0.733. The first-order chi connectivity index (χ1) is 12.2. The largest absolute Gasteiger partial charge is 0.321 e. The van der Waals surface area contributed by atoms with Crippen molar-refractivity contribution in [3.8, 4) is 10.6 Å². The molecule has 0 aliphatic carbocycles. The smallest absolute Gasteiger partial charge is 0.267 e. The molecule has 0 aliphatic heterocycles. The van der Waals surface area contributed by atoms with Crippen LogP contribution in [0.25, 0.3) is 10.6 Å². The molecule has 26 heavy (non-hydrogen) atoms. The minimum absolute atomic E-state index is 0.128. The van der Waals surface area contributed by atoms with E-state index in [4.69, 9.17) is 0 Å². The molecule has 1 N–H and O–H groups in total. The second-order valence-corrected chi connectivity index (χ2v) is 8.71. The van der Waals surface area contributed by atoms with Gasteiger partial charge in [-0.25, -0.2) is 17.8 Å². The molecule has 0 radical (unpaired) electrons. The lowest BCUT2D eigenvalue weighted by atomic mass is 10.2. The molecule has 0 saturated carbocycles. The Bertz CT molecular complexity index is 1070. The van der Waals surface area contributed by atoms with Crippen molar-refractivity contribution in [1.82, 2.24) is 4.98 Å². The van der Waals surface area contributed by atoms with E-state index in [0.29, 0.717) is 21.3 Å². The summed E-state index contributed by atoms with van der Waals surface area (Å²) in [7, 11) is -3.36. The number of nitrogens with zero attached hydrogens (tertiary/aromatic N) is 1. The molecule has 0 unspecified atom stereocenters. The van der Waals surface area contributed by atoms with Crippen LogP contribution in [0.3, 0.4) is 0 Å². The van der Waals surface area contributed by atoms with Gasteiger partial charge in [0, 0.05) is 17.5 Å². The number of rotatable bonds is 4. The first-order valence-electron chi connectivity index (χ1n) is 7.59. The van der Waals surface area contributed by atoms with Gasteiger partial charge in [0.15, 0.2) is 9.84 Å². The van der Waals surface area contributed by atoms with Gasteiger partial charge in [-0.05, 0) is 49.4 Å². The van der Waals surface area contributed by atoms with Gasteiger partial charge in [-0.3, -0.25) is 4.79 Å². The van der Waals surface area contributed by atoms with E-state index < -0.39 is 9.84 Å². The van der Waals surface area contributed by atoms with Gasteiger partial charge >= 0.3 is 0 Å². The van der Waals surface area contributed by atoms with E-state index in [1.807, 2.05) is 0 Å². The van der Waals surface area contributed by atoms with E-state index in [-0.39, 0.29) is 16.6 Å². The van der Waals surface area contributed by atoms with Crippen molar-refractivity contribution < 1.29 is 17.6 Å². The molecule has 1 heterocycles. The highest BCUT2D eigenvalue weighted by atomic mass is 32.2. The number of nitrogens with one attached hydrogen (secondary N) is 1. The van der Waals surface area contributed by atoms with E-state index >= 15 is 0 Å². The minimum atomic E-state index is -3.36. The van der Waals surface area contributed by atoms with Crippen molar-refractivity contribution >= 4 is 32.8 Å². The maximum absolute atomic E-state index is 13.0. The topological polar surface area (TPSA) is 76.1 Å². The Morgan fingerprint density at radius 1 is 1.15 bits per heavy atom. The Labute approximate surface area is 154 Å². The van der Waals surface area contributed by atoms with Gasteiger partial charge in [0.05, 0.1) is 10.6 Å². The number of thiazole rings is 1. The third kappa shape index (κ3) is 3.97. The van der Waals surface area contributed by atoms with Gasteiger partial charge in [-0.2, -0.15) is 0 Å². The van der Waals surface area contributed by atoms with Crippen LogP contribution in [0.1, 0.15) is 15.4 Å². The molecule has 134 valence electrons. The number of anilines is 1. The molecular formula is C18H15FN2O3S2. The number of hydrogen-bond acceptors (Lipinski definition) is 5. The summed E-state index contributed by atoms with van der Waals surface area (Å²) in [5.74, 6) is -0.718. The van der Waals surface area contributed by atoms with Crippen molar-refractivity contribution in [3.05, 3.63) is 64.9 Å². The summed E-state index contributed by atoms with van der Waals surface area (Å²) in [6.07, 6.45) is 1.11. The van der Waals surface area contributed by atoms with E-state index in [0.717, 1.165) is 11.8 Å². The van der Waals surface area contributed by atoms with Gasteiger partial charge in [0.1, 0.15) is 15.7 Å². The number of aromatic nitrogens is 1. The van der Waals surface area contributed by atoms with Crippen LogP contribution in [-0.2, 0) is 9.84 Å². The molecule has 0 atom stereocenters. The number of sulfone groups is 1. The van der Waals surface area contributed by atoms with Gasteiger partial charge in [-0.15, -0.1) is 11.3 Å². The maximum Gasteiger partial charge on any atom is 0.267 e. The number of benzene rings is 2. The van der Waals surface area contributed by atoms with Crippen LogP contribution in [0.4, 0.5) is 10.1 Å².